The molecule has 1 amide bonds. The fourth-order valence-electron chi connectivity index (χ4n) is 1.70. The number of hydrogen-bond donors (Lipinski definition) is 2. The number of amides is 1. The molecule has 1 fully saturated rings. The number of anilines is 1. The number of hydrogen-bond acceptors (Lipinski definition) is 4. The summed E-state index contributed by atoms with van der Waals surface area (Å²) < 4.78 is 0. The molecule has 0 radical (unpaired) electrons. The lowest BCUT2D eigenvalue weighted by Crippen LogP contribution is -2.32. The van der Waals surface area contributed by atoms with E-state index in [1.165, 1.54) is 6.20 Å². The van der Waals surface area contributed by atoms with Gasteiger partial charge in [-0.25, -0.2) is 4.98 Å². The minimum absolute atomic E-state index is 0.0710. The average molecular weight is 251 g/mol. The van der Waals surface area contributed by atoms with E-state index in [4.69, 9.17) is 16.9 Å². The summed E-state index contributed by atoms with van der Waals surface area (Å²) in [6.07, 6.45) is 2.90. The van der Waals surface area contributed by atoms with Crippen LogP contribution >= 0.6 is 11.6 Å². The third-order valence-electron chi connectivity index (χ3n) is 2.61. The first-order chi connectivity index (χ1) is 8.20. The zero-order chi connectivity index (χ0) is 12.3. The van der Waals surface area contributed by atoms with Gasteiger partial charge in [0, 0.05) is 25.2 Å². The van der Waals surface area contributed by atoms with Crippen LogP contribution < -0.4 is 10.6 Å². The predicted octanol–water partition coefficient (Wildman–Crippen LogP) is 1.30. The van der Waals surface area contributed by atoms with Crippen LogP contribution in [0.3, 0.4) is 0 Å². The highest BCUT2D eigenvalue weighted by molar-refractivity contribution is 6.34. The van der Waals surface area contributed by atoms with Crippen molar-refractivity contribution < 1.29 is 4.79 Å². The average Bonchev–Trinajstić information content (AvgIpc) is 2.74. The van der Waals surface area contributed by atoms with Gasteiger partial charge in [-0.3, -0.25) is 4.79 Å². The van der Waals surface area contributed by atoms with Gasteiger partial charge in [0.15, 0.2) is 0 Å². The second-order valence-corrected chi connectivity index (χ2v) is 4.19. The first-order valence-corrected chi connectivity index (χ1v) is 5.66. The quantitative estimate of drug-likeness (QED) is 0.848. The van der Waals surface area contributed by atoms with Crippen molar-refractivity contribution in [1.82, 2.24) is 10.3 Å². The van der Waals surface area contributed by atoms with Crippen LogP contribution in [0.2, 0.25) is 5.02 Å². The van der Waals surface area contributed by atoms with Crippen molar-refractivity contribution in [1.29, 1.82) is 5.26 Å². The van der Waals surface area contributed by atoms with Crippen LogP contribution in [0, 0.1) is 11.3 Å². The summed E-state index contributed by atoms with van der Waals surface area (Å²) in [5.41, 5.74) is 0.389. The molecule has 17 heavy (non-hydrogen) atoms. The summed E-state index contributed by atoms with van der Waals surface area (Å²) in [4.78, 5) is 15.1. The van der Waals surface area contributed by atoms with Crippen LogP contribution in [0.4, 0.5) is 5.82 Å². The minimum Gasteiger partial charge on any atom is -0.367 e. The van der Waals surface area contributed by atoms with Crippen molar-refractivity contribution in [3.8, 4) is 6.07 Å². The van der Waals surface area contributed by atoms with Crippen molar-refractivity contribution in [2.45, 2.75) is 18.9 Å². The Hall–Kier alpha value is -1.80. The van der Waals surface area contributed by atoms with E-state index in [-0.39, 0.29) is 11.9 Å². The molecule has 88 valence electrons. The molecule has 1 aromatic rings. The molecule has 1 unspecified atom stereocenters. The largest absolute Gasteiger partial charge is 0.367 e. The number of nitriles is 1. The number of aromatic nitrogens is 1. The molecule has 2 heterocycles. The lowest BCUT2D eigenvalue weighted by molar-refractivity contribution is -0.119. The van der Waals surface area contributed by atoms with Gasteiger partial charge in [0.1, 0.15) is 16.9 Å². The van der Waals surface area contributed by atoms with Gasteiger partial charge < -0.3 is 10.6 Å². The van der Waals surface area contributed by atoms with Crippen LogP contribution in [0.15, 0.2) is 12.3 Å². The molecule has 0 spiro atoms. The number of carbonyl (C=O) groups excluding carboxylic acids is 1. The van der Waals surface area contributed by atoms with Crippen LogP contribution in [-0.2, 0) is 4.79 Å². The number of pyridine rings is 1. The van der Waals surface area contributed by atoms with Gasteiger partial charge in [0.2, 0.25) is 5.91 Å². The Morgan fingerprint density at radius 3 is 3.18 bits per heavy atom. The van der Waals surface area contributed by atoms with E-state index < -0.39 is 0 Å². The van der Waals surface area contributed by atoms with Crippen molar-refractivity contribution in [2.24, 2.45) is 0 Å². The van der Waals surface area contributed by atoms with Crippen molar-refractivity contribution >= 4 is 23.3 Å². The van der Waals surface area contributed by atoms with Crippen LogP contribution in [0.1, 0.15) is 18.4 Å². The van der Waals surface area contributed by atoms with Gasteiger partial charge in [-0.05, 0) is 12.5 Å². The molecule has 2 rings (SSSR count). The minimum atomic E-state index is 0.0710. The summed E-state index contributed by atoms with van der Waals surface area (Å²) >= 11 is 5.99. The molecule has 1 aliphatic heterocycles. The van der Waals surface area contributed by atoms with E-state index in [0.717, 1.165) is 6.42 Å². The van der Waals surface area contributed by atoms with Crippen LogP contribution in [0.5, 0.6) is 0 Å². The fourth-order valence-corrected chi connectivity index (χ4v) is 1.92. The molecular weight excluding hydrogens is 240 g/mol. The predicted molar refractivity (Wildman–Crippen MR) is 63.6 cm³/mol. The Balaban J connectivity index is 2.00. The molecule has 5 nitrogen and oxygen atoms in total. The van der Waals surface area contributed by atoms with Gasteiger partial charge in [-0.15, -0.1) is 0 Å². The Morgan fingerprint density at radius 2 is 2.53 bits per heavy atom. The van der Waals surface area contributed by atoms with Crippen molar-refractivity contribution in [2.75, 3.05) is 11.9 Å². The maximum atomic E-state index is 11.0. The second-order valence-electron chi connectivity index (χ2n) is 3.82. The first kappa shape index (κ1) is 11.7. The summed E-state index contributed by atoms with van der Waals surface area (Å²) in [7, 11) is 0. The maximum Gasteiger partial charge on any atom is 0.220 e. The molecule has 0 aliphatic carbocycles. The van der Waals surface area contributed by atoms with Gasteiger partial charge in [0.05, 0.1) is 5.56 Å². The Morgan fingerprint density at radius 1 is 1.71 bits per heavy atom. The third-order valence-corrected chi connectivity index (χ3v) is 2.99. The number of nitrogens with one attached hydrogen (secondary N) is 2. The van der Waals surface area contributed by atoms with E-state index in [1.54, 1.807) is 6.07 Å². The second kappa shape index (κ2) is 5.02. The SMILES string of the molecule is N#Cc1ccnc(NCC2CCC(=O)N2)c1Cl. The molecule has 6 heteroatoms. The van der Waals surface area contributed by atoms with E-state index in [9.17, 15) is 4.79 Å². The molecule has 1 aliphatic rings. The lowest BCUT2D eigenvalue weighted by atomic mass is 10.2. The summed E-state index contributed by atoms with van der Waals surface area (Å²) in [5, 5.41) is 15.0. The Labute approximate surface area is 104 Å². The van der Waals surface area contributed by atoms with Crippen LogP contribution in [0.25, 0.3) is 0 Å². The normalized spacial score (nSPS) is 18.6. The highest BCUT2D eigenvalue weighted by Crippen LogP contribution is 2.22. The lowest BCUT2D eigenvalue weighted by Gasteiger charge is -2.12. The first-order valence-electron chi connectivity index (χ1n) is 5.28. The molecule has 1 aromatic heterocycles. The highest BCUT2D eigenvalue weighted by Gasteiger charge is 2.20. The summed E-state index contributed by atoms with van der Waals surface area (Å²) in [6, 6.07) is 3.65. The topological polar surface area (TPSA) is 77.8 Å². The maximum absolute atomic E-state index is 11.0. The third kappa shape index (κ3) is 2.66. The number of halogens is 1. The Bertz CT molecular complexity index is 483. The van der Waals surface area contributed by atoms with Gasteiger partial charge in [-0.1, -0.05) is 11.6 Å². The summed E-state index contributed by atoms with van der Waals surface area (Å²) in [5.74, 6) is 0.550. The molecule has 0 saturated carbocycles. The Kier molecular flexibility index (Phi) is 3.45. The van der Waals surface area contributed by atoms with Crippen LogP contribution in [-0.4, -0.2) is 23.5 Å². The van der Waals surface area contributed by atoms with Crippen molar-refractivity contribution in [3.05, 3.63) is 22.8 Å². The van der Waals surface area contributed by atoms with Crippen molar-refractivity contribution in [3.63, 3.8) is 0 Å². The molecular formula is C11H11ClN4O. The van der Waals surface area contributed by atoms with Gasteiger partial charge >= 0.3 is 0 Å². The fraction of sp³-hybridized carbons (Fsp3) is 0.364. The highest BCUT2D eigenvalue weighted by atomic mass is 35.5. The standard InChI is InChI=1S/C11H11ClN4O/c12-10-7(5-13)3-4-14-11(10)15-6-8-1-2-9(17)16-8/h3-4,8H,1-2,6H2,(H,14,15)(H,16,17). The van der Waals surface area contributed by atoms with E-state index in [2.05, 4.69) is 15.6 Å². The van der Waals surface area contributed by atoms with Gasteiger partial charge in [0.25, 0.3) is 0 Å². The van der Waals surface area contributed by atoms with E-state index >= 15 is 0 Å². The van der Waals surface area contributed by atoms with E-state index in [0.29, 0.717) is 29.4 Å². The van der Waals surface area contributed by atoms with E-state index in [1.807, 2.05) is 6.07 Å². The molecule has 0 bridgehead atoms. The molecule has 2 N–H and O–H groups in total. The molecule has 1 atom stereocenters. The number of rotatable bonds is 3. The number of carbonyl (C=O) groups is 1. The molecule has 0 aromatic carbocycles. The zero-order valence-electron chi connectivity index (χ0n) is 9.03. The summed E-state index contributed by atoms with van der Waals surface area (Å²) in [6.45, 7) is 0.563. The zero-order valence-corrected chi connectivity index (χ0v) is 9.79. The smallest absolute Gasteiger partial charge is 0.220 e. The monoisotopic (exact) mass is 250 g/mol. The number of nitrogens with zero attached hydrogens (tertiary/aromatic N) is 2. The van der Waals surface area contributed by atoms with Gasteiger partial charge in [-0.2, -0.15) is 5.26 Å². The molecule has 1 saturated heterocycles.